The van der Waals surface area contributed by atoms with Crippen LogP contribution in [-0.4, -0.2) is 27.6 Å². The Morgan fingerprint density at radius 2 is 2.19 bits per heavy atom. The zero-order chi connectivity index (χ0) is 19.0. The molecule has 0 radical (unpaired) electrons. The van der Waals surface area contributed by atoms with E-state index in [1.54, 1.807) is 11.8 Å². The molecule has 1 saturated heterocycles. The second kappa shape index (κ2) is 7.06. The molecule has 1 N–H and O–H groups in total. The molecule has 1 aromatic carbocycles. The third kappa shape index (κ3) is 3.18. The van der Waals surface area contributed by atoms with Gasteiger partial charge in [-0.15, -0.1) is 0 Å². The summed E-state index contributed by atoms with van der Waals surface area (Å²) in [6.07, 6.45) is 3.63. The molecule has 1 atom stereocenters. The second-order valence-corrected chi connectivity index (χ2v) is 7.00. The SMILES string of the molecule is CCc1oc2c(NC(=O)N3CCCC[C@@H]3c3nc(C)no3)cccc2c1C. The van der Waals surface area contributed by atoms with Crippen molar-refractivity contribution in [2.75, 3.05) is 11.9 Å². The highest BCUT2D eigenvalue weighted by Crippen LogP contribution is 2.33. The molecular weight excluding hydrogens is 344 g/mol. The topological polar surface area (TPSA) is 84.4 Å². The molecule has 2 amide bonds. The molecule has 7 nitrogen and oxygen atoms in total. The lowest BCUT2D eigenvalue weighted by molar-refractivity contribution is 0.142. The Balaban J connectivity index is 1.62. The molecule has 1 aliphatic rings. The zero-order valence-corrected chi connectivity index (χ0v) is 15.9. The highest BCUT2D eigenvalue weighted by molar-refractivity contribution is 6.00. The first kappa shape index (κ1) is 17.6. The standard InChI is InChI=1S/C20H24N4O3/c1-4-17-12(2)14-8-7-9-15(18(14)26-17)22-20(25)24-11-6-5-10-16(24)19-21-13(3)23-27-19/h7-9,16H,4-6,10-11H2,1-3H3,(H,22,25)/t16-/m1/s1. The van der Waals surface area contributed by atoms with Gasteiger partial charge in [0.05, 0.1) is 5.69 Å². The fourth-order valence-electron chi connectivity index (χ4n) is 3.79. The molecule has 2 aromatic heterocycles. The molecule has 0 bridgehead atoms. The molecule has 3 heterocycles. The Bertz CT molecular complexity index is 975. The quantitative estimate of drug-likeness (QED) is 0.721. The third-order valence-electron chi connectivity index (χ3n) is 5.22. The molecule has 3 aromatic rings. The maximum absolute atomic E-state index is 13.0. The minimum atomic E-state index is -0.191. The van der Waals surface area contributed by atoms with Gasteiger partial charge in [0.2, 0.25) is 5.89 Å². The van der Waals surface area contributed by atoms with Crippen molar-refractivity contribution in [3.8, 4) is 0 Å². The van der Waals surface area contributed by atoms with Crippen LogP contribution in [0.1, 0.15) is 55.3 Å². The summed E-state index contributed by atoms with van der Waals surface area (Å²) >= 11 is 0. The maximum atomic E-state index is 13.0. The monoisotopic (exact) mass is 368 g/mol. The van der Waals surface area contributed by atoms with Gasteiger partial charge in [-0.25, -0.2) is 4.79 Å². The van der Waals surface area contributed by atoms with Crippen LogP contribution in [-0.2, 0) is 6.42 Å². The minimum absolute atomic E-state index is 0.171. The van der Waals surface area contributed by atoms with E-state index >= 15 is 0 Å². The van der Waals surface area contributed by atoms with Gasteiger partial charge in [-0.1, -0.05) is 24.2 Å². The van der Waals surface area contributed by atoms with Gasteiger partial charge in [0, 0.05) is 18.4 Å². The molecule has 4 rings (SSSR count). The lowest BCUT2D eigenvalue weighted by atomic mass is 10.0. The second-order valence-electron chi connectivity index (χ2n) is 7.00. The van der Waals surface area contributed by atoms with Gasteiger partial charge in [0.1, 0.15) is 11.8 Å². The number of piperidine rings is 1. The smallest absolute Gasteiger partial charge is 0.322 e. The zero-order valence-electron chi connectivity index (χ0n) is 15.9. The number of fused-ring (bicyclic) bond motifs is 1. The van der Waals surface area contributed by atoms with Crippen molar-refractivity contribution >= 4 is 22.7 Å². The van der Waals surface area contributed by atoms with Crippen molar-refractivity contribution in [2.24, 2.45) is 0 Å². The lowest BCUT2D eigenvalue weighted by Gasteiger charge is -2.33. The van der Waals surface area contributed by atoms with E-state index in [4.69, 9.17) is 8.94 Å². The van der Waals surface area contributed by atoms with Crippen LogP contribution in [0.2, 0.25) is 0 Å². The molecule has 27 heavy (non-hydrogen) atoms. The van der Waals surface area contributed by atoms with Crippen molar-refractivity contribution in [1.82, 2.24) is 15.0 Å². The lowest BCUT2D eigenvalue weighted by Crippen LogP contribution is -2.41. The predicted molar refractivity (Wildman–Crippen MR) is 102 cm³/mol. The number of para-hydroxylation sites is 1. The summed E-state index contributed by atoms with van der Waals surface area (Å²) in [7, 11) is 0. The van der Waals surface area contributed by atoms with E-state index in [2.05, 4.69) is 29.3 Å². The van der Waals surface area contributed by atoms with Gasteiger partial charge in [-0.3, -0.25) is 0 Å². The van der Waals surface area contributed by atoms with E-state index in [1.165, 1.54) is 0 Å². The molecule has 7 heteroatoms. The van der Waals surface area contributed by atoms with E-state index in [9.17, 15) is 4.79 Å². The van der Waals surface area contributed by atoms with E-state index in [-0.39, 0.29) is 12.1 Å². The van der Waals surface area contributed by atoms with Crippen molar-refractivity contribution in [3.05, 3.63) is 41.2 Å². The first-order valence-corrected chi connectivity index (χ1v) is 9.47. The van der Waals surface area contributed by atoms with Gasteiger partial charge in [-0.05, 0) is 44.7 Å². The number of aryl methyl sites for hydroxylation is 3. The number of furan rings is 1. The van der Waals surface area contributed by atoms with Crippen molar-refractivity contribution in [2.45, 2.75) is 52.5 Å². The average Bonchev–Trinajstić information content (AvgIpc) is 3.26. The molecule has 1 fully saturated rings. The number of nitrogens with zero attached hydrogens (tertiary/aromatic N) is 3. The van der Waals surface area contributed by atoms with Crippen molar-refractivity contribution in [3.63, 3.8) is 0 Å². The number of hydrogen-bond donors (Lipinski definition) is 1. The van der Waals surface area contributed by atoms with E-state index in [1.807, 2.05) is 18.2 Å². The molecule has 0 aliphatic carbocycles. The number of carbonyl (C=O) groups is 1. The number of amides is 2. The van der Waals surface area contributed by atoms with Crippen LogP contribution < -0.4 is 5.32 Å². The first-order valence-electron chi connectivity index (χ1n) is 9.47. The fourth-order valence-corrected chi connectivity index (χ4v) is 3.79. The van der Waals surface area contributed by atoms with Gasteiger partial charge in [0.15, 0.2) is 11.4 Å². The Morgan fingerprint density at radius 3 is 2.93 bits per heavy atom. The Kier molecular flexibility index (Phi) is 4.59. The van der Waals surface area contributed by atoms with Crippen LogP contribution in [0.3, 0.4) is 0 Å². The molecule has 0 saturated carbocycles. The number of benzene rings is 1. The third-order valence-corrected chi connectivity index (χ3v) is 5.22. The molecular formula is C20H24N4O3. The fraction of sp³-hybridized carbons (Fsp3) is 0.450. The maximum Gasteiger partial charge on any atom is 0.322 e. The number of carbonyl (C=O) groups excluding carboxylic acids is 1. The number of urea groups is 1. The Hall–Kier alpha value is -2.83. The highest BCUT2D eigenvalue weighted by atomic mass is 16.5. The highest BCUT2D eigenvalue weighted by Gasteiger charge is 2.32. The number of hydrogen-bond acceptors (Lipinski definition) is 5. The summed E-state index contributed by atoms with van der Waals surface area (Å²) in [6.45, 7) is 6.55. The van der Waals surface area contributed by atoms with Crippen molar-refractivity contribution < 1.29 is 13.7 Å². The summed E-state index contributed by atoms with van der Waals surface area (Å²) in [4.78, 5) is 19.2. The molecule has 0 spiro atoms. The largest absolute Gasteiger partial charge is 0.459 e. The number of anilines is 1. The van der Waals surface area contributed by atoms with Gasteiger partial charge in [0.25, 0.3) is 0 Å². The predicted octanol–water partition coefficient (Wildman–Crippen LogP) is 4.75. The summed E-state index contributed by atoms with van der Waals surface area (Å²) < 4.78 is 11.3. The molecule has 1 aliphatic heterocycles. The van der Waals surface area contributed by atoms with Gasteiger partial charge in [-0.2, -0.15) is 4.98 Å². The Morgan fingerprint density at radius 1 is 1.33 bits per heavy atom. The summed E-state index contributed by atoms with van der Waals surface area (Å²) in [5.41, 5.74) is 2.54. The molecule has 0 unspecified atom stereocenters. The van der Waals surface area contributed by atoms with Crippen LogP contribution in [0.5, 0.6) is 0 Å². The average molecular weight is 368 g/mol. The van der Waals surface area contributed by atoms with Crippen LogP contribution in [0.25, 0.3) is 11.0 Å². The van der Waals surface area contributed by atoms with Crippen LogP contribution in [0, 0.1) is 13.8 Å². The van der Waals surface area contributed by atoms with E-state index in [0.717, 1.165) is 48.0 Å². The minimum Gasteiger partial charge on any atom is -0.459 e. The first-order chi connectivity index (χ1) is 13.1. The normalized spacial score (nSPS) is 17.4. The number of rotatable bonds is 3. The summed E-state index contributed by atoms with van der Waals surface area (Å²) in [6, 6.07) is 5.47. The molecule has 142 valence electrons. The van der Waals surface area contributed by atoms with Crippen LogP contribution in [0.15, 0.2) is 27.1 Å². The number of aromatic nitrogens is 2. The van der Waals surface area contributed by atoms with Crippen LogP contribution >= 0.6 is 0 Å². The summed E-state index contributed by atoms with van der Waals surface area (Å²) in [5.74, 6) is 2.03. The Labute approximate surface area is 157 Å². The van der Waals surface area contributed by atoms with Crippen molar-refractivity contribution in [1.29, 1.82) is 0 Å². The van der Waals surface area contributed by atoms with Crippen LogP contribution in [0.4, 0.5) is 10.5 Å². The van der Waals surface area contributed by atoms with E-state index in [0.29, 0.717) is 23.9 Å². The van der Waals surface area contributed by atoms with E-state index < -0.39 is 0 Å². The number of nitrogens with one attached hydrogen (secondary N) is 1. The van der Waals surface area contributed by atoms with Gasteiger partial charge < -0.3 is 19.2 Å². The number of likely N-dealkylation sites (tertiary alicyclic amines) is 1. The van der Waals surface area contributed by atoms with Gasteiger partial charge >= 0.3 is 6.03 Å². The summed E-state index contributed by atoms with van der Waals surface area (Å²) in [5, 5.41) is 7.94.